The largest absolute Gasteiger partial charge is 0.354 e. The lowest BCUT2D eigenvalue weighted by Gasteiger charge is -2.18. The average Bonchev–Trinajstić information content (AvgIpc) is 3.13. The lowest BCUT2D eigenvalue weighted by Crippen LogP contribution is -2.38. The van der Waals surface area contributed by atoms with Crippen molar-refractivity contribution in [3.8, 4) is 0 Å². The number of rotatable bonds is 7. The molecule has 1 atom stereocenters. The van der Waals surface area contributed by atoms with E-state index in [1.54, 1.807) is 29.2 Å². The van der Waals surface area contributed by atoms with Gasteiger partial charge in [-0.2, -0.15) is 0 Å². The minimum atomic E-state index is -0.380. The Morgan fingerprint density at radius 3 is 2.48 bits per heavy atom. The fourth-order valence-corrected chi connectivity index (χ4v) is 3.38. The molecule has 3 amide bonds. The summed E-state index contributed by atoms with van der Waals surface area (Å²) in [4.78, 5) is 38.6. The van der Waals surface area contributed by atoms with Crippen molar-refractivity contribution >= 4 is 23.4 Å². The van der Waals surface area contributed by atoms with Crippen LogP contribution in [0.5, 0.6) is 0 Å². The highest BCUT2D eigenvalue weighted by Crippen LogP contribution is 2.27. The van der Waals surface area contributed by atoms with Crippen LogP contribution in [0.2, 0.25) is 0 Å². The fraction of sp³-hybridized carbons (Fsp3) is 0.348. The van der Waals surface area contributed by atoms with E-state index in [2.05, 4.69) is 24.5 Å². The van der Waals surface area contributed by atoms with Crippen LogP contribution in [-0.2, 0) is 9.59 Å². The van der Waals surface area contributed by atoms with Crippen molar-refractivity contribution in [3.63, 3.8) is 0 Å². The monoisotopic (exact) mass is 393 g/mol. The van der Waals surface area contributed by atoms with E-state index in [1.807, 2.05) is 30.3 Å². The van der Waals surface area contributed by atoms with E-state index < -0.39 is 0 Å². The molecule has 0 aromatic heterocycles. The minimum Gasteiger partial charge on any atom is -0.354 e. The smallest absolute Gasteiger partial charge is 0.251 e. The number of anilines is 1. The molecule has 6 nitrogen and oxygen atoms in total. The van der Waals surface area contributed by atoms with Crippen molar-refractivity contribution in [3.05, 3.63) is 65.7 Å². The number of nitrogens with one attached hydrogen (secondary N) is 2. The lowest BCUT2D eigenvalue weighted by molar-refractivity contribution is -0.126. The summed E-state index contributed by atoms with van der Waals surface area (Å²) in [6, 6.07) is 16.8. The first-order valence-corrected chi connectivity index (χ1v) is 9.97. The van der Waals surface area contributed by atoms with Crippen molar-refractivity contribution in [1.29, 1.82) is 0 Å². The van der Waals surface area contributed by atoms with E-state index in [0.717, 1.165) is 11.3 Å². The van der Waals surface area contributed by atoms with Gasteiger partial charge in [0.1, 0.15) is 0 Å². The summed E-state index contributed by atoms with van der Waals surface area (Å²) in [5.74, 6) is -0.377. The van der Waals surface area contributed by atoms with Gasteiger partial charge in [0.25, 0.3) is 5.91 Å². The fourth-order valence-electron chi connectivity index (χ4n) is 3.38. The molecule has 0 saturated carbocycles. The van der Waals surface area contributed by atoms with Crippen LogP contribution in [0.3, 0.4) is 0 Å². The molecule has 1 heterocycles. The molecule has 0 radical (unpaired) electrons. The Labute approximate surface area is 171 Å². The van der Waals surface area contributed by atoms with Gasteiger partial charge in [0.15, 0.2) is 0 Å². The summed E-state index contributed by atoms with van der Waals surface area (Å²) in [6.07, 6.45) is 0.202. The minimum absolute atomic E-state index is 0.0385. The molecular formula is C23H27N3O3. The Morgan fingerprint density at radius 2 is 1.76 bits per heavy atom. The van der Waals surface area contributed by atoms with Gasteiger partial charge in [0.05, 0.1) is 5.92 Å². The third-order valence-corrected chi connectivity index (χ3v) is 5.09. The van der Waals surface area contributed by atoms with E-state index in [1.165, 1.54) is 0 Å². The first-order valence-electron chi connectivity index (χ1n) is 9.97. The van der Waals surface area contributed by atoms with E-state index in [4.69, 9.17) is 0 Å². The van der Waals surface area contributed by atoms with Crippen molar-refractivity contribution in [2.45, 2.75) is 26.2 Å². The zero-order valence-electron chi connectivity index (χ0n) is 16.9. The van der Waals surface area contributed by atoms with Gasteiger partial charge in [-0.1, -0.05) is 44.2 Å². The van der Waals surface area contributed by atoms with Gasteiger partial charge in [0, 0.05) is 37.3 Å². The highest BCUT2D eigenvalue weighted by Gasteiger charge is 2.35. The standard InChI is InChI=1S/C23H27N3O3/c1-16(2)18-9-6-10-20(13-18)26-15-19(14-21(26)27)23(29)25-12-11-24-22(28)17-7-4-3-5-8-17/h3-10,13,16,19H,11-12,14-15H2,1-2H3,(H,24,28)(H,25,29). The topological polar surface area (TPSA) is 78.5 Å². The maximum Gasteiger partial charge on any atom is 0.251 e. The molecule has 2 aromatic carbocycles. The van der Waals surface area contributed by atoms with Crippen LogP contribution < -0.4 is 15.5 Å². The molecule has 6 heteroatoms. The third-order valence-electron chi connectivity index (χ3n) is 5.09. The second kappa shape index (κ2) is 9.37. The number of carbonyl (C=O) groups is 3. The van der Waals surface area contributed by atoms with E-state index in [0.29, 0.717) is 31.1 Å². The summed E-state index contributed by atoms with van der Waals surface area (Å²) < 4.78 is 0. The van der Waals surface area contributed by atoms with Crippen molar-refractivity contribution < 1.29 is 14.4 Å². The predicted molar refractivity (Wildman–Crippen MR) is 113 cm³/mol. The maximum atomic E-state index is 12.5. The van der Waals surface area contributed by atoms with Crippen LogP contribution in [0.1, 0.15) is 42.1 Å². The van der Waals surface area contributed by atoms with Crippen LogP contribution >= 0.6 is 0 Å². The van der Waals surface area contributed by atoms with Gasteiger partial charge in [-0.3, -0.25) is 14.4 Å². The van der Waals surface area contributed by atoms with E-state index in [-0.39, 0.29) is 30.1 Å². The van der Waals surface area contributed by atoms with Crippen molar-refractivity contribution in [2.24, 2.45) is 5.92 Å². The summed E-state index contributed by atoms with van der Waals surface area (Å²) in [6.45, 7) is 5.25. The molecule has 0 bridgehead atoms. The molecular weight excluding hydrogens is 366 g/mol. The van der Waals surface area contributed by atoms with Gasteiger partial charge in [-0.05, 0) is 35.7 Å². The molecule has 1 aliphatic heterocycles. The molecule has 1 aliphatic rings. The number of amides is 3. The summed E-state index contributed by atoms with van der Waals surface area (Å²) in [5, 5.41) is 5.60. The maximum absolute atomic E-state index is 12.5. The Balaban J connectivity index is 1.48. The Hall–Kier alpha value is -3.15. The van der Waals surface area contributed by atoms with Gasteiger partial charge < -0.3 is 15.5 Å². The molecule has 1 unspecified atom stereocenters. The molecule has 152 valence electrons. The second-order valence-corrected chi connectivity index (χ2v) is 7.57. The molecule has 1 saturated heterocycles. The summed E-state index contributed by atoms with van der Waals surface area (Å²) in [7, 11) is 0. The average molecular weight is 393 g/mol. The van der Waals surface area contributed by atoms with Crippen molar-refractivity contribution in [2.75, 3.05) is 24.5 Å². The molecule has 29 heavy (non-hydrogen) atoms. The van der Waals surface area contributed by atoms with E-state index in [9.17, 15) is 14.4 Å². The van der Waals surface area contributed by atoms with Crippen molar-refractivity contribution in [1.82, 2.24) is 10.6 Å². The SMILES string of the molecule is CC(C)c1cccc(N2CC(C(=O)NCCNC(=O)c3ccccc3)CC2=O)c1. The summed E-state index contributed by atoms with van der Waals surface area (Å²) in [5.41, 5.74) is 2.59. The van der Waals surface area contributed by atoms with Gasteiger partial charge in [-0.15, -0.1) is 0 Å². The van der Waals surface area contributed by atoms with Gasteiger partial charge in [-0.25, -0.2) is 0 Å². The number of hydrogen-bond donors (Lipinski definition) is 2. The van der Waals surface area contributed by atoms with Gasteiger partial charge >= 0.3 is 0 Å². The molecule has 0 aliphatic carbocycles. The Morgan fingerprint density at radius 1 is 1.03 bits per heavy atom. The van der Waals surface area contributed by atoms with Crippen LogP contribution in [0.4, 0.5) is 5.69 Å². The zero-order chi connectivity index (χ0) is 20.8. The highest BCUT2D eigenvalue weighted by atomic mass is 16.2. The number of benzene rings is 2. The normalized spacial score (nSPS) is 16.2. The highest BCUT2D eigenvalue weighted by molar-refractivity contribution is 6.00. The van der Waals surface area contributed by atoms with E-state index >= 15 is 0 Å². The Kier molecular flexibility index (Phi) is 6.65. The Bertz CT molecular complexity index is 880. The first-order chi connectivity index (χ1) is 14.0. The third kappa shape index (κ3) is 5.22. The van der Waals surface area contributed by atoms with Gasteiger partial charge in [0.2, 0.25) is 11.8 Å². The zero-order valence-corrected chi connectivity index (χ0v) is 16.9. The number of carbonyl (C=O) groups excluding carboxylic acids is 3. The number of hydrogen-bond acceptors (Lipinski definition) is 3. The molecule has 1 fully saturated rings. The molecule has 0 spiro atoms. The van der Waals surface area contributed by atoms with Crippen LogP contribution in [0, 0.1) is 5.92 Å². The van der Waals surface area contributed by atoms with Crippen LogP contribution in [0.15, 0.2) is 54.6 Å². The molecule has 3 rings (SSSR count). The predicted octanol–water partition coefficient (Wildman–Crippen LogP) is 2.71. The molecule has 2 aromatic rings. The first kappa shape index (κ1) is 20.6. The quantitative estimate of drug-likeness (QED) is 0.710. The lowest BCUT2D eigenvalue weighted by atomic mass is 10.0. The number of nitrogens with zero attached hydrogens (tertiary/aromatic N) is 1. The second-order valence-electron chi connectivity index (χ2n) is 7.57. The van der Waals surface area contributed by atoms with Crippen LogP contribution in [0.25, 0.3) is 0 Å². The summed E-state index contributed by atoms with van der Waals surface area (Å²) >= 11 is 0. The molecule has 2 N–H and O–H groups in total. The van der Waals surface area contributed by atoms with Crippen LogP contribution in [-0.4, -0.2) is 37.4 Å².